The van der Waals surface area contributed by atoms with Crippen molar-refractivity contribution in [1.29, 1.82) is 0 Å². The lowest BCUT2D eigenvalue weighted by Gasteiger charge is -2.12. The van der Waals surface area contributed by atoms with Crippen molar-refractivity contribution in [3.8, 4) is 0 Å². The number of benzene rings is 2. The van der Waals surface area contributed by atoms with Gasteiger partial charge in [-0.2, -0.15) is 4.68 Å². The monoisotopic (exact) mass is 305 g/mol. The Labute approximate surface area is 132 Å². The van der Waals surface area contributed by atoms with Crippen molar-refractivity contribution >= 4 is 22.4 Å². The molecule has 6 nitrogen and oxygen atoms in total. The van der Waals surface area contributed by atoms with Gasteiger partial charge in [0.15, 0.2) is 0 Å². The van der Waals surface area contributed by atoms with E-state index in [1.54, 1.807) is 0 Å². The molecule has 0 saturated carbocycles. The summed E-state index contributed by atoms with van der Waals surface area (Å²) >= 11 is 0. The second-order valence-electron chi connectivity index (χ2n) is 5.24. The van der Waals surface area contributed by atoms with Crippen molar-refractivity contribution in [1.82, 2.24) is 19.3 Å². The Morgan fingerprint density at radius 3 is 2.52 bits per heavy atom. The second kappa shape index (κ2) is 5.24. The van der Waals surface area contributed by atoms with Gasteiger partial charge in [-0.1, -0.05) is 37.3 Å². The van der Waals surface area contributed by atoms with E-state index >= 15 is 0 Å². The third-order valence-corrected chi connectivity index (χ3v) is 3.82. The normalized spacial score (nSPS) is 11.2. The standard InChI is InChI=1S/C17H15N5O/c1-2-15-18-19-17-21(15)14-11-7-6-10-13(14)16(23)22(17)20-12-8-4-3-5-9-12/h3-11,20H,2H2,1H3. The van der Waals surface area contributed by atoms with E-state index in [0.717, 1.165) is 23.4 Å². The molecule has 0 spiro atoms. The van der Waals surface area contributed by atoms with Crippen LogP contribution in [0.25, 0.3) is 16.7 Å². The van der Waals surface area contributed by atoms with Gasteiger partial charge in [-0.25, -0.2) is 0 Å². The molecule has 1 N–H and O–H groups in total. The smallest absolute Gasteiger partial charge is 0.281 e. The van der Waals surface area contributed by atoms with Gasteiger partial charge in [0.25, 0.3) is 11.3 Å². The Bertz CT molecular complexity index is 1050. The van der Waals surface area contributed by atoms with Gasteiger partial charge in [-0.3, -0.25) is 14.6 Å². The highest BCUT2D eigenvalue weighted by molar-refractivity contribution is 5.80. The first-order chi connectivity index (χ1) is 11.3. The Morgan fingerprint density at radius 2 is 1.74 bits per heavy atom. The molecule has 0 aliphatic rings. The Morgan fingerprint density at radius 1 is 1.00 bits per heavy atom. The average Bonchev–Trinajstić information content (AvgIpc) is 3.03. The number of anilines is 1. The maximum absolute atomic E-state index is 12.9. The van der Waals surface area contributed by atoms with Gasteiger partial charge in [-0.15, -0.1) is 10.2 Å². The molecule has 4 rings (SSSR count). The number of hydrogen-bond acceptors (Lipinski definition) is 4. The zero-order valence-corrected chi connectivity index (χ0v) is 12.6. The number of para-hydroxylation sites is 2. The van der Waals surface area contributed by atoms with E-state index in [9.17, 15) is 4.79 Å². The predicted molar refractivity (Wildman–Crippen MR) is 89.6 cm³/mol. The zero-order chi connectivity index (χ0) is 15.8. The average molecular weight is 305 g/mol. The fourth-order valence-corrected chi connectivity index (χ4v) is 2.73. The van der Waals surface area contributed by atoms with Crippen LogP contribution in [0.4, 0.5) is 5.69 Å². The topological polar surface area (TPSA) is 64.2 Å². The van der Waals surface area contributed by atoms with E-state index in [0.29, 0.717) is 11.2 Å². The number of aromatic nitrogens is 4. The molecule has 0 saturated heterocycles. The summed E-state index contributed by atoms with van der Waals surface area (Å²) < 4.78 is 3.37. The Hall–Kier alpha value is -3.15. The van der Waals surface area contributed by atoms with Crippen LogP contribution in [-0.4, -0.2) is 19.3 Å². The minimum Gasteiger partial charge on any atom is -0.288 e. The van der Waals surface area contributed by atoms with Gasteiger partial charge in [-0.05, 0) is 24.3 Å². The molecule has 0 amide bonds. The van der Waals surface area contributed by atoms with Gasteiger partial charge in [0, 0.05) is 6.42 Å². The summed E-state index contributed by atoms with van der Waals surface area (Å²) in [6.45, 7) is 2.02. The molecule has 2 heterocycles. The van der Waals surface area contributed by atoms with Crippen LogP contribution in [0.2, 0.25) is 0 Å². The highest BCUT2D eigenvalue weighted by Crippen LogP contribution is 2.15. The third kappa shape index (κ3) is 2.07. The Balaban J connectivity index is 2.08. The van der Waals surface area contributed by atoms with Crippen molar-refractivity contribution < 1.29 is 0 Å². The van der Waals surface area contributed by atoms with Gasteiger partial charge >= 0.3 is 0 Å². The molecule has 0 aliphatic heterocycles. The van der Waals surface area contributed by atoms with Crippen LogP contribution >= 0.6 is 0 Å². The highest BCUT2D eigenvalue weighted by Gasteiger charge is 2.15. The second-order valence-corrected chi connectivity index (χ2v) is 5.24. The van der Waals surface area contributed by atoms with Crippen LogP contribution in [0.15, 0.2) is 59.4 Å². The minimum atomic E-state index is -0.146. The summed E-state index contributed by atoms with van der Waals surface area (Å²) in [4.78, 5) is 12.9. The summed E-state index contributed by atoms with van der Waals surface area (Å²) in [5.74, 6) is 1.30. The Kier molecular flexibility index (Phi) is 3.08. The molecule has 0 unspecified atom stereocenters. The largest absolute Gasteiger partial charge is 0.288 e. The molecule has 0 radical (unpaired) electrons. The number of fused-ring (bicyclic) bond motifs is 3. The van der Waals surface area contributed by atoms with Crippen LogP contribution in [-0.2, 0) is 6.42 Å². The molecule has 0 aliphatic carbocycles. The number of rotatable bonds is 3. The first-order valence-electron chi connectivity index (χ1n) is 7.49. The summed E-state index contributed by atoms with van der Waals surface area (Å²) in [6, 6.07) is 17.0. The lowest BCUT2D eigenvalue weighted by molar-refractivity contribution is 0.885. The molecule has 0 atom stereocenters. The maximum atomic E-state index is 12.9. The molecule has 0 bridgehead atoms. The molecule has 23 heavy (non-hydrogen) atoms. The van der Waals surface area contributed by atoms with Crippen molar-refractivity contribution in [2.45, 2.75) is 13.3 Å². The fraction of sp³-hybridized carbons (Fsp3) is 0.118. The van der Waals surface area contributed by atoms with Crippen LogP contribution < -0.4 is 11.0 Å². The molecular weight excluding hydrogens is 290 g/mol. The van der Waals surface area contributed by atoms with E-state index in [1.807, 2.05) is 65.9 Å². The molecule has 114 valence electrons. The molecule has 6 heteroatoms. The van der Waals surface area contributed by atoms with Crippen molar-refractivity contribution in [3.05, 3.63) is 70.8 Å². The summed E-state index contributed by atoms with van der Waals surface area (Å²) in [6.07, 6.45) is 0.731. The van der Waals surface area contributed by atoms with Gasteiger partial charge in [0.1, 0.15) is 5.82 Å². The van der Waals surface area contributed by atoms with Crippen LogP contribution in [0.1, 0.15) is 12.7 Å². The number of aryl methyl sites for hydroxylation is 1. The van der Waals surface area contributed by atoms with Crippen LogP contribution in [0.5, 0.6) is 0 Å². The quantitative estimate of drug-likeness (QED) is 0.631. The lowest BCUT2D eigenvalue weighted by Crippen LogP contribution is -2.29. The minimum absolute atomic E-state index is 0.146. The van der Waals surface area contributed by atoms with E-state index < -0.39 is 0 Å². The van der Waals surface area contributed by atoms with Crippen molar-refractivity contribution in [2.75, 3.05) is 5.43 Å². The molecule has 0 fully saturated rings. The van der Waals surface area contributed by atoms with Gasteiger partial charge in [0.05, 0.1) is 16.6 Å². The first-order valence-corrected chi connectivity index (χ1v) is 7.49. The van der Waals surface area contributed by atoms with E-state index in [1.165, 1.54) is 4.68 Å². The lowest BCUT2D eigenvalue weighted by atomic mass is 10.2. The zero-order valence-electron chi connectivity index (χ0n) is 12.6. The molecule has 2 aromatic carbocycles. The third-order valence-electron chi connectivity index (χ3n) is 3.82. The van der Waals surface area contributed by atoms with Crippen molar-refractivity contribution in [2.24, 2.45) is 0 Å². The SMILES string of the molecule is CCc1nnc2n(Nc3ccccc3)c(=O)c3ccccc3n12. The maximum Gasteiger partial charge on any atom is 0.281 e. The number of nitrogens with zero attached hydrogens (tertiary/aromatic N) is 4. The molecule has 2 aromatic heterocycles. The highest BCUT2D eigenvalue weighted by atomic mass is 16.1. The van der Waals surface area contributed by atoms with Crippen molar-refractivity contribution in [3.63, 3.8) is 0 Å². The predicted octanol–water partition coefficient (Wildman–Crippen LogP) is 2.48. The van der Waals surface area contributed by atoms with E-state index in [-0.39, 0.29) is 5.56 Å². The summed E-state index contributed by atoms with van der Waals surface area (Å²) in [5.41, 5.74) is 4.61. The first kappa shape index (κ1) is 13.5. The number of hydrogen-bond donors (Lipinski definition) is 1. The van der Waals surface area contributed by atoms with E-state index in [4.69, 9.17) is 0 Å². The van der Waals surface area contributed by atoms with Crippen LogP contribution in [0, 0.1) is 0 Å². The van der Waals surface area contributed by atoms with Gasteiger partial charge in [0.2, 0.25) is 0 Å². The van der Waals surface area contributed by atoms with Gasteiger partial charge < -0.3 is 0 Å². The molecular formula is C17H15N5O. The summed E-state index contributed by atoms with van der Waals surface area (Å²) in [5, 5.41) is 9.05. The fourth-order valence-electron chi connectivity index (χ4n) is 2.73. The van der Waals surface area contributed by atoms with E-state index in [2.05, 4.69) is 15.6 Å². The molecule has 4 aromatic rings. The van der Waals surface area contributed by atoms with Crippen LogP contribution in [0.3, 0.4) is 0 Å². The number of nitrogens with one attached hydrogen (secondary N) is 1. The summed E-state index contributed by atoms with van der Waals surface area (Å²) in [7, 11) is 0.